The van der Waals surface area contributed by atoms with E-state index in [2.05, 4.69) is 36.4 Å². The largest absolute Gasteiger partial charge is 0.497 e. The molecule has 0 atom stereocenters. The number of halogens is 4. The number of aromatic nitrogens is 4. The average molecular weight is 564 g/mol. The van der Waals surface area contributed by atoms with E-state index in [1.165, 1.54) is 12.1 Å². The molecule has 7 nitrogen and oxygen atoms in total. The van der Waals surface area contributed by atoms with Gasteiger partial charge >= 0.3 is 6.18 Å². The second kappa shape index (κ2) is 10.5. The van der Waals surface area contributed by atoms with Gasteiger partial charge in [-0.05, 0) is 54.6 Å². The average Bonchev–Trinajstić information content (AvgIpc) is 3.28. The summed E-state index contributed by atoms with van der Waals surface area (Å²) in [4.78, 5) is 16.6. The van der Waals surface area contributed by atoms with Gasteiger partial charge in [-0.2, -0.15) is 13.2 Å². The third kappa shape index (κ3) is 5.82. The van der Waals surface area contributed by atoms with E-state index in [0.717, 1.165) is 29.1 Å². The van der Waals surface area contributed by atoms with Crippen molar-refractivity contribution in [3.05, 3.63) is 77.0 Å². The molecule has 0 unspecified atom stereocenters. The van der Waals surface area contributed by atoms with Gasteiger partial charge in [0.25, 0.3) is 0 Å². The van der Waals surface area contributed by atoms with E-state index in [9.17, 15) is 18.0 Å². The maximum absolute atomic E-state index is 13.4. The Morgan fingerprint density at radius 2 is 1.80 bits per heavy atom. The molecule has 1 N–H and O–H groups in total. The molecule has 0 aliphatic heterocycles. The van der Waals surface area contributed by atoms with E-state index in [1.54, 1.807) is 48.3 Å². The molecule has 0 saturated carbocycles. The number of nitrogens with zero attached hydrogens (tertiary/aromatic N) is 4. The first-order valence-electron chi connectivity index (χ1n) is 10.1. The third-order valence-electron chi connectivity index (χ3n) is 4.80. The maximum atomic E-state index is 13.4. The summed E-state index contributed by atoms with van der Waals surface area (Å²) in [7, 11) is 1.56. The van der Waals surface area contributed by atoms with Crippen LogP contribution in [-0.4, -0.2) is 38.5 Å². The molecule has 35 heavy (non-hydrogen) atoms. The molecule has 0 saturated heterocycles. The molecule has 4 rings (SSSR count). The molecule has 12 heteroatoms. The number of pyridine rings is 1. The first kappa shape index (κ1) is 24.7. The van der Waals surface area contributed by atoms with E-state index in [0.29, 0.717) is 16.7 Å². The van der Waals surface area contributed by atoms with Crippen LogP contribution >= 0.6 is 27.7 Å². The van der Waals surface area contributed by atoms with Crippen molar-refractivity contribution in [2.24, 2.45) is 0 Å². The minimum atomic E-state index is -4.62. The van der Waals surface area contributed by atoms with Crippen LogP contribution in [0.15, 0.2) is 76.6 Å². The van der Waals surface area contributed by atoms with Gasteiger partial charge in [-0.25, -0.2) is 0 Å². The smallest absolute Gasteiger partial charge is 0.418 e. The van der Waals surface area contributed by atoms with Crippen molar-refractivity contribution in [3.63, 3.8) is 0 Å². The van der Waals surface area contributed by atoms with Crippen LogP contribution in [0.5, 0.6) is 5.75 Å². The molecule has 0 radical (unpaired) electrons. The van der Waals surface area contributed by atoms with E-state index in [-0.39, 0.29) is 15.9 Å². The highest BCUT2D eigenvalue weighted by molar-refractivity contribution is 9.10. The number of alkyl halides is 3. The Kier molecular flexibility index (Phi) is 7.41. The molecule has 180 valence electrons. The fourth-order valence-corrected chi connectivity index (χ4v) is 4.30. The number of carbonyl (C=O) groups excluding carboxylic acids is 1. The molecule has 4 aromatic rings. The SMILES string of the molecule is COc1ccc(-n2c(SCC(=O)Nc3ccc(Br)cc3C(F)(F)F)nnc2-c2ccncc2)cc1. The molecular weight excluding hydrogens is 547 g/mol. The minimum Gasteiger partial charge on any atom is -0.497 e. The number of carbonyl (C=O) groups is 1. The van der Waals surface area contributed by atoms with Crippen LogP contribution in [0, 0.1) is 0 Å². The fraction of sp³-hybridized carbons (Fsp3) is 0.130. The number of hydrogen-bond donors (Lipinski definition) is 1. The minimum absolute atomic E-state index is 0.183. The van der Waals surface area contributed by atoms with Crippen LogP contribution in [-0.2, 0) is 11.0 Å². The first-order valence-corrected chi connectivity index (χ1v) is 11.8. The standard InChI is InChI=1S/C23H17BrF3N5O2S/c1-34-17-5-3-16(4-6-17)32-21(14-8-10-28-11-9-14)30-31-22(32)35-13-20(33)29-19-7-2-15(24)12-18(19)23(25,26)27/h2-12H,13H2,1H3,(H,29,33). The predicted molar refractivity (Wildman–Crippen MR) is 130 cm³/mol. The second-order valence-corrected chi connectivity index (χ2v) is 8.96. The molecule has 2 heterocycles. The van der Waals surface area contributed by atoms with Gasteiger partial charge in [0.05, 0.1) is 24.1 Å². The predicted octanol–water partition coefficient (Wildman–Crippen LogP) is 5.85. The van der Waals surface area contributed by atoms with Gasteiger partial charge in [-0.15, -0.1) is 10.2 Å². The highest BCUT2D eigenvalue weighted by atomic mass is 79.9. The van der Waals surface area contributed by atoms with Crippen molar-refractivity contribution in [1.29, 1.82) is 0 Å². The van der Waals surface area contributed by atoms with Crippen LogP contribution in [0.25, 0.3) is 17.1 Å². The first-order chi connectivity index (χ1) is 16.8. The molecule has 0 fully saturated rings. The molecule has 1 amide bonds. The van der Waals surface area contributed by atoms with E-state index >= 15 is 0 Å². The normalized spacial score (nSPS) is 11.3. The summed E-state index contributed by atoms with van der Waals surface area (Å²) in [5.74, 6) is 0.388. The van der Waals surface area contributed by atoms with Gasteiger partial charge in [-0.3, -0.25) is 14.3 Å². The van der Waals surface area contributed by atoms with Crippen LogP contribution in [0.3, 0.4) is 0 Å². The number of anilines is 1. The summed E-state index contributed by atoms with van der Waals surface area (Å²) < 4.78 is 47.4. The molecule has 0 spiro atoms. The van der Waals surface area contributed by atoms with Crippen LogP contribution in [0.2, 0.25) is 0 Å². The summed E-state index contributed by atoms with van der Waals surface area (Å²) in [5, 5.41) is 11.2. The Bertz CT molecular complexity index is 1330. The fourth-order valence-electron chi connectivity index (χ4n) is 3.19. The van der Waals surface area contributed by atoms with Gasteiger partial charge in [0, 0.05) is 28.1 Å². The van der Waals surface area contributed by atoms with Crippen molar-refractivity contribution < 1.29 is 22.7 Å². The highest BCUT2D eigenvalue weighted by Crippen LogP contribution is 2.37. The molecule has 2 aromatic carbocycles. The zero-order chi connectivity index (χ0) is 25.0. The van der Waals surface area contributed by atoms with Crippen LogP contribution in [0.1, 0.15) is 5.56 Å². The van der Waals surface area contributed by atoms with Crippen molar-refractivity contribution in [3.8, 4) is 22.8 Å². The van der Waals surface area contributed by atoms with Gasteiger partial charge < -0.3 is 10.1 Å². The Morgan fingerprint density at radius 3 is 2.46 bits per heavy atom. The zero-order valence-corrected chi connectivity index (χ0v) is 20.5. The lowest BCUT2D eigenvalue weighted by Crippen LogP contribution is -2.18. The lowest BCUT2D eigenvalue weighted by Gasteiger charge is -2.14. The number of methoxy groups -OCH3 is 1. The lowest BCUT2D eigenvalue weighted by atomic mass is 10.1. The molecule has 2 aromatic heterocycles. The Balaban J connectivity index is 1.59. The number of rotatable bonds is 7. The van der Waals surface area contributed by atoms with E-state index < -0.39 is 17.6 Å². The number of thioether (sulfide) groups is 1. The van der Waals surface area contributed by atoms with E-state index in [1.807, 2.05) is 12.1 Å². The molecule has 0 bridgehead atoms. The van der Waals surface area contributed by atoms with Gasteiger partial charge in [0.1, 0.15) is 5.75 Å². The van der Waals surface area contributed by atoms with Gasteiger partial charge in [0.2, 0.25) is 5.91 Å². The zero-order valence-electron chi connectivity index (χ0n) is 18.1. The maximum Gasteiger partial charge on any atom is 0.418 e. The summed E-state index contributed by atoms with van der Waals surface area (Å²) >= 11 is 4.08. The number of benzene rings is 2. The van der Waals surface area contributed by atoms with Crippen molar-refractivity contribution >= 4 is 39.3 Å². The number of amides is 1. The highest BCUT2D eigenvalue weighted by Gasteiger charge is 2.34. The molecule has 0 aliphatic carbocycles. The summed E-state index contributed by atoms with van der Waals surface area (Å²) in [6.07, 6.45) is -1.37. The summed E-state index contributed by atoms with van der Waals surface area (Å²) in [5.41, 5.74) is 0.217. The Morgan fingerprint density at radius 1 is 1.09 bits per heavy atom. The Hall–Kier alpha value is -3.38. The molecular formula is C23H17BrF3N5O2S. The van der Waals surface area contributed by atoms with Crippen LogP contribution in [0.4, 0.5) is 18.9 Å². The van der Waals surface area contributed by atoms with Gasteiger partial charge in [0.15, 0.2) is 11.0 Å². The monoisotopic (exact) mass is 563 g/mol. The van der Waals surface area contributed by atoms with Crippen molar-refractivity contribution in [2.45, 2.75) is 11.3 Å². The van der Waals surface area contributed by atoms with Crippen LogP contribution < -0.4 is 10.1 Å². The topological polar surface area (TPSA) is 81.9 Å². The number of nitrogens with one attached hydrogen (secondary N) is 1. The molecule has 0 aliphatic rings. The summed E-state index contributed by atoms with van der Waals surface area (Å²) in [6, 6.07) is 14.3. The second-order valence-electron chi connectivity index (χ2n) is 7.10. The number of ether oxygens (including phenoxy) is 1. The van der Waals surface area contributed by atoms with Gasteiger partial charge in [-0.1, -0.05) is 27.7 Å². The van der Waals surface area contributed by atoms with Crippen molar-refractivity contribution in [2.75, 3.05) is 18.2 Å². The lowest BCUT2D eigenvalue weighted by molar-refractivity contribution is -0.137. The van der Waals surface area contributed by atoms with E-state index in [4.69, 9.17) is 4.74 Å². The van der Waals surface area contributed by atoms with Crippen molar-refractivity contribution in [1.82, 2.24) is 19.7 Å². The third-order valence-corrected chi connectivity index (χ3v) is 6.22. The summed E-state index contributed by atoms with van der Waals surface area (Å²) in [6.45, 7) is 0. The Labute approximate surface area is 210 Å². The number of hydrogen-bond acceptors (Lipinski definition) is 6. The quantitative estimate of drug-likeness (QED) is 0.284.